The summed E-state index contributed by atoms with van der Waals surface area (Å²) >= 11 is 0. The first-order valence-electron chi connectivity index (χ1n) is 7.92. The van der Waals surface area contributed by atoms with Gasteiger partial charge in [-0.25, -0.2) is 0 Å². The number of carbonyl (C=O) groups is 2. The highest BCUT2D eigenvalue weighted by molar-refractivity contribution is 5.92. The Morgan fingerprint density at radius 1 is 1.21 bits per heavy atom. The molecular formula is C18H21N3O3. The number of nitrogens with one attached hydrogen (secondary N) is 2. The number of likely N-dealkylation sites (tertiary alicyclic amines) is 1. The van der Waals surface area contributed by atoms with Crippen LogP contribution in [-0.4, -0.2) is 47.9 Å². The molecular weight excluding hydrogens is 306 g/mol. The lowest BCUT2D eigenvalue weighted by Crippen LogP contribution is -2.39. The van der Waals surface area contributed by atoms with Gasteiger partial charge in [0.05, 0.1) is 13.2 Å². The van der Waals surface area contributed by atoms with Crippen molar-refractivity contribution in [2.24, 2.45) is 0 Å². The van der Waals surface area contributed by atoms with E-state index in [0.29, 0.717) is 18.8 Å². The minimum absolute atomic E-state index is 0.0497. The third-order valence-corrected chi connectivity index (χ3v) is 4.37. The fourth-order valence-corrected chi connectivity index (χ4v) is 3.20. The highest BCUT2D eigenvalue weighted by atomic mass is 16.5. The molecule has 0 aliphatic carbocycles. The molecule has 0 saturated carbocycles. The van der Waals surface area contributed by atoms with Gasteiger partial charge in [0.25, 0.3) is 5.91 Å². The Morgan fingerprint density at radius 2 is 1.96 bits per heavy atom. The zero-order chi connectivity index (χ0) is 17.1. The van der Waals surface area contributed by atoms with E-state index in [2.05, 4.69) is 10.3 Å². The van der Waals surface area contributed by atoms with E-state index in [9.17, 15) is 9.59 Å². The summed E-state index contributed by atoms with van der Waals surface area (Å²) in [6, 6.07) is 11.2. The number of methoxy groups -OCH3 is 1. The average Bonchev–Trinajstić information content (AvgIpc) is 3.24. The van der Waals surface area contributed by atoms with Crippen LogP contribution >= 0.6 is 0 Å². The van der Waals surface area contributed by atoms with E-state index in [4.69, 9.17) is 4.74 Å². The first-order valence-corrected chi connectivity index (χ1v) is 7.92. The second kappa shape index (κ2) is 6.78. The van der Waals surface area contributed by atoms with Crippen molar-refractivity contribution in [1.82, 2.24) is 15.2 Å². The summed E-state index contributed by atoms with van der Waals surface area (Å²) in [5.74, 6) is 0.699. The van der Waals surface area contributed by atoms with Gasteiger partial charge in [-0.2, -0.15) is 0 Å². The monoisotopic (exact) mass is 327 g/mol. The number of ether oxygens (including phenoxy) is 1. The first-order chi connectivity index (χ1) is 11.6. The molecule has 1 saturated heterocycles. The molecule has 1 aliphatic heterocycles. The molecule has 1 aromatic heterocycles. The van der Waals surface area contributed by atoms with E-state index in [0.717, 1.165) is 11.3 Å². The van der Waals surface area contributed by atoms with Crippen molar-refractivity contribution in [3.63, 3.8) is 0 Å². The molecule has 2 aromatic rings. The maximum Gasteiger partial charge on any atom is 0.270 e. The fourth-order valence-electron chi connectivity index (χ4n) is 3.20. The Balaban J connectivity index is 1.82. The topological polar surface area (TPSA) is 74.4 Å². The number of benzene rings is 1. The van der Waals surface area contributed by atoms with Gasteiger partial charge < -0.3 is 19.9 Å². The molecule has 6 heteroatoms. The molecule has 0 radical (unpaired) electrons. The molecule has 0 spiro atoms. The van der Waals surface area contributed by atoms with Crippen molar-refractivity contribution in [1.29, 1.82) is 0 Å². The van der Waals surface area contributed by atoms with Crippen molar-refractivity contribution in [3.8, 4) is 5.75 Å². The van der Waals surface area contributed by atoms with Gasteiger partial charge in [-0.3, -0.25) is 9.59 Å². The molecule has 3 rings (SSSR count). The van der Waals surface area contributed by atoms with E-state index in [-0.39, 0.29) is 23.8 Å². The van der Waals surface area contributed by atoms with Crippen molar-refractivity contribution >= 4 is 11.8 Å². The second-order valence-corrected chi connectivity index (χ2v) is 5.98. The molecule has 2 heterocycles. The van der Waals surface area contributed by atoms with Crippen LogP contribution in [0.2, 0.25) is 0 Å². The van der Waals surface area contributed by atoms with E-state index in [1.54, 1.807) is 30.3 Å². The van der Waals surface area contributed by atoms with Gasteiger partial charge in [-0.1, -0.05) is 12.1 Å². The summed E-state index contributed by atoms with van der Waals surface area (Å²) in [5.41, 5.74) is 1.64. The number of rotatable bonds is 4. The highest BCUT2D eigenvalue weighted by Gasteiger charge is 2.37. The minimum atomic E-state index is -0.102. The van der Waals surface area contributed by atoms with Gasteiger partial charge in [0.15, 0.2) is 0 Å². The minimum Gasteiger partial charge on any atom is -0.497 e. The Bertz CT molecular complexity index is 710. The maximum absolute atomic E-state index is 12.6. The molecule has 0 unspecified atom stereocenters. The predicted octanol–water partition coefficient (Wildman–Crippen LogP) is 1.77. The average molecular weight is 327 g/mol. The lowest BCUT2D eigenvalue weighted by atomic mass is 9.94. The third kappa shape index (κ3) is 3.27. The number of hydrogen-bond donors (Lipinski definition) is 2. The smallest absolute Gasteiger partial charge is 0.270 e. The number of H-pyrrole nitrogens is 1. The standard InChI is InChI=1S/C18H21N3O3/c1-12(22)20-17-11-21(18(23)16-4-3-9-19-16)10-15(17)13-5-7-14(24-2)8-6-13/h3-9,15,17,19H,10-11H2,1-2H3,(H,20,22)/t15-,17+/m0/s1. The summed E-state index contributed by atoms with van der Waals surface area (Å²) in [5, 5.41) is 2.97. The summed E-state index contributed by atoms with van der Waals surface area (Å²) < 4.78 is 5.19. The molecule has 0 bridgehead atoms. The summed E-state index contributed by atoms with van der Waals surface area (Å²) in [6.45, 7) is 2.56. The molecule has 6 nitrogen and oxygen atoms in total. The van der Waals surface area contributed by atoms with Crippen molar-refractivity contribution in [2.45, 2.75) is 18.9 Å². The molecule has 126 valence electrons. The van der Waals surface area contributed by atoms with Crippen LogP contribution in [-0.2, 0) is 4.79 Å². The Morgan fingerprint density at radius 3 is 2.54 bits per heavy atom. The molecule has 2 amide bonds. The largest absolute Gasteiger partial charge is 0.497 e. The highest BCUT2D eigenvalue weighted by Crippen LogP contribution is 2.29. The first kappa shape index (κ1) is 16.1. The van der Waals surface area contributed by atoms with Crippen molar-refractivity contribution < 1.29 is 14.3 Å². The SMILES string of the molecule is COc1ccc([C@@H]2CN(C(=O)c3ccc[nH]3)C[C@H]2NC(C)=O)cc1. The normalized spacial score (nSPS) is 20.0. The molecule has 1 aliphatic rings. The number of nitrogens with zero attached hydrogens (tertiary/aromatic N) is 1. The molecule has 2 atom stereocenters. The molecule has 1 aromatic carbocycles. The van der Waals surface area contributed by atoms with Crippen LogP contribution in [0.4, 0.5) is 0 Å². The Hall–Kier alpha value is -2.76. The summed E-state index contributed by atoms with van der Waals surface area (Å²) in [7, 11) is 1.63. The van der Waals surface area contributed by atoms with Crippen molar-refractivity contribution in [3.05, 3.63) is 53.9 Å². The van der Waals surface area contributed by atoms with Crippen LogP contribution in [0.25, 0.3) is 0 Å². The molecule has 2 N–H and O–H groups in total. The lowest BCUT2D eigenvalue weighted by molar-refractivity contribution is -0.119. The lowest BCUT2D eigenvalue weighted by Gasteiger charge is -2.19. The van der Waals surface area contributed by atoms with Crippen LogP contribution in [0.5, 0.6) is 5.75 Å². The van der Waals surface area contributed by atoms with Crippen LogP contribution in [0.1, 0.15) is 28.9 Å². The number of aromatic amines is 1. The summed E-state index contributed by atoms with van der Waals surface area (Å²) in [6.07, 6.45) is 1.73. The van der Waals surface area contributed by atoms with Gasteiger partial charge >= 0.3 is 0 Å². The maximum atomic E-state index is 12.6. The zero-order valence-corrected chi connectivity index (χ0v) is 13.8. The quantitative estimate of drug-likeness (QED) is 0.899. The van der Waals surface area contributed by atoms with Gasteiger partial charge in [0.2, 0.25) is 5.91 Å². The zero-order valence-electron chi connectivity index (χ0n) is 13.8. The van der Waals surface area contributed by atoms with Crippen LogP contribution in [0.3, 0.4) is 0 Å². The van der Waals surface area contributed by atoms with Crippen LogP contribution in [0.15, 0.2) is 42.6 Å². The van der Waals surface area contributed by atoms with Crippen molar-refractivity contribution in [2.75, 3.05) is 20.2 Å². The Kier molecular flexibility index (Phi) is 4.55. The summed E-state index contributed by atoms with van der Waals surface area (Å²) in [4.78, 5) is 28.8. The van der Waals surface area contributed by atoms with Gasteiger partial charge in [-0.05, 0) is 29.8 Å². The fraction of sp³-hybridized carbons (Fsp3) is 0.333. The van der Waals surface area contributed by atoms with Crippen LogP contribution in [0, 0.1) is 0 Å². The number of amides is 2. The molecule has 24 heavy (non-hydrogen) atoms. The van der Waals surface area contributed by atoms with E-state index >= 15 is 0 Å². The van der Waals surface area contributed by atoms with Crippen LogP contribution < -0.4 is 10.1 Å². The Labute approximate surface area is 140 Å². The van der Waals surface area contributed by atoms with E-state index < -0.39 is 0 Å². The number of hydrogen-bond acceptors (Lipinski definition) is 3. The van der Waals surface area contributed by atoms with Gasteiger partial charge in [-0.15, -0.1) is 0 Å². The predicted molar refractivity (Wildman–Crippen MR) is 90.0 cm³/mol. The second-order valence-electron chi connectivity index (χ2n) is 5.98. The third-order valence-electron chi connectivity index (χ3n) is 4.37. The van der Waals surface area contributed by atoms with E-state index in [1.807, 2.05) is 24.3 Å². The van der Waals surface area contributed by atoms with Gasteiger partial charge in [0, 0.05) is 32.1 Å². The van der Waals surface area contributed by atoms with Gasteiger partial charge in [0.1, 0.15) is 11.4 Å². The van der Waals surface area contributed by atoms with E-state index in [1.165, 1.54) is 6.92 Å². The number of aromatic nitrogens is 1. The number of carbonyl (C=O) groups excluding carboxylic acids is 2. The molecule has 1 fully saturated rings.